The molecule has 0 atom stereocenters. The average Bonchev–Trinajstić information content (AvgIpc) is 2.08. The Labute approximate surface area is 104 Å². The van der Waals surface area contributed by atoms with Gasteiger partial charge >= 0.3 is 7.60 Å². The second kappa shape index (κ2) is 4.99. The molecular weight excluding hydrogens is 211 g/mol. The maximum Gasteiger partial charge on any atom is 0.331 e. The van der Waals surface area contributed by atoms with Crippen LogP contribution in [0.3, 0.4) is 0 Å². The maximum absolute atomic E-state index is 13.1. The Morgan fingerprint density at radius 2 is 1.53 bits per heavy atom. The molecule has 0 saturated carbocycles. The highest BCUT2D eigenvalue weighted by molar-refractivity contribution is 7.53. The van der Waals surface area contributed by atoms with E-state index in [1.807, 2.05) is 0 Å². The third-order valence-corrected chi connectivity index (χ3v) is 2.94. The van der Waals surface area contributed by atoms with Crippen molar-refractivity contribution in [2.24, 2.45) is 0 Å². The summed E-state index contributed by atoms with van der Waals surface area (Å²) in [5.41, 5.74) is -2.25. The lowest BCUT2D eigenvalue weighted by atomic mass is 10.2. The van der Waals surface area contributed by atoms with Crippen LogP contribution in [0.2, 0.25) is 0 Å². The molecule has 0 aliphatic rings. The first-order valence-corrected chi connectivity index (χ1v) is 6.22. The van der Waals surface area contributed by atoms with E-state index in [4.69, 9.17) is 18.6 Å². The normalized spacial score (nSPS) is 24.0. The zero-order valence-electron chi connectivity index (χ0n) is 17.2. The van der Waals surface area contributed by atoms with Gasteiger partial charge in [0.05, 0.1) is 11.2 Å². The lowest BCUT2D eigenvalue weighted by Gasteiger charge is -2.31. The van der Waals surface area contributed by atoms with Crippen LogP contribution in [0, 0.1) is 0 Å². The molecule has 0 aliphatic carbocycles. The maximum atomic E-state index is 13.1. The highest BCUT2D eigenvalue weighted by atomic mass is 31.2. The monoisotopic (exact) mass is 243 g/mol. The summed E-state index contributed by atoms with van der Waals surface area (Å²) in [4.78, 5) is 0. The Hall–Kier alpha value is 0.150. The van der Waals surface area contributed by atoms with E-state index in [1.165, 1.54) is 41.5 Å². The molecule has 0 spiro atoms. The van der Waals surface area contributed by atoms with Gasteiger partial charge in [-0.2, -0.15) is 0 Å². The van der Waals surface area contributed by atoms with Crippen molar-refractivity contribution in [1.29, 1.82) is 0 Å². The molecule has 15 heavy (non-hydrogen) atoms. The predicted octanol–water partition coefficient (Wildman–Crippen LogP) is 4.22. The van der Waals surface area contributed by atoms with Crippen molar-refractivity contribution in [2.45, 2.75) is 66.0 Å². The van der Waals surface area contributed by atoms with Crippen LogP contribution < -0.4 is 0 Å². The Bertz CT molecular complexity index is 426. The molecule has 0 bridgehead atoms. The largest absolute Gasteiger partial charge is 0.331 e. The highest BCUT2D eigenvalue weighted by Gasteiger charge is 2.34. The van der Waals surface area contributed by atoms with E-state index in [1.54, 1.807) is 0 Å². The first-order valence-electron chi connectivity index (χ1n) is 8.18. The van der Waals surface area contributed by atoms with E-state index < -0.39 is 38.1 Å². The SMILES string of the molecule is [2H]C([2H])([2H])C([2H])([2H])C([2H])([2H])P(=O)(OC(C)(C)C)OC(C)(C)C. The van der Waals surface area contributed by atoms with E-state index in [-0.39, 0.29) is 0 Å². The number of hydrogen-bond acceptors (Lipinski definition) is 3. The molecule has 92 valence electrons. The molecule has 0 radical (unpaired) electrons. The van der Waals surface area contributed by atoms with Crippen molar-refractivity contribution in [3.05, 3.63) is 0 Å². The summed E-state index contributed by atoms with van der Waals surface area (Å²) in [5.74, 6) is 0. The first kappa shape index (κ1) is 6.78. The minimum absolute atomic E-state index is 1.13. The summed E-state index contributed by atoms with van der Waals surface area (Å²) in [6.07, 6.45) is -6.79. The molecule has 0 amide bonds. The van der Waals surface area contributed by atoms with Crippen LogP contribution in [-0.4, -0.2) is 17.3 Å². The second-order valence-electron chi connectivity index (χ2n) is 5.14. The van der Waals surface area contributed by atoms with E-state index in [2.05, 4.69) is 0 Å². The molecular formula is C11H25O3P. The van der Waals surface area contributed by atoms with Crippen molar-refractivity contribution in [3.8, 4) is 0 Å². The van der Waals surface area contributed by atoms with Gasteiger partial charge in [0.15, 0.2) is 0 Å². The molecule has 0 heterocycles. The molecule has 0 N–H and O–H groups in total. The van der Waals surface area contributed by atoms with Crippen LogP contribution in [0.4, 0.5) is 0 Å². The minimum Gasteiger partial charge on any atom is -0.303 e. The van der Waals surface area contributed by atoms with Crippen molar-refractivity contribution in [1.82, 2.24) is 0 Å². The summed E-state index contributed by atoms with van der Waals surface area (Å²) in [5, 5.41) is 0. The van der Waals surface area contributed by atoms with Gasteiger partial charge in [-0.15, -0.1) is 0 Å². The zero-order valence-corrected chi connectivity index (χ0v) is 11.1. The van der Waals surface area contributed by atoms with Gasteiger partial charge in [-0.1, -0.05) is 6.85 Å². The Morgan fingerprint density at radius 1 is 1.13 bits per heavy atom. The zero-order chi connectivity index (χ0) is 18.4. The third kappa shape index (κ3) is 8.01. The van der Waals surface area contributed by atoms with Crippen molar-refractivity contribution < 1.29 is 23.2 Å². The van der Waals surface area contributed by atoms with Crippen LogP contribution >= 0.6 is 7.60 Å². The molecule has 0 rings (SSSR count). The predicted molar refractivity (Wildman–Crippen MR) is 64.4 cm³/mol. The molecule has 0 aromatic heterocycles. The Kier molecular flexibility index (Phi) is 2.25. The minimum atomic E-state index is -4.78. The lowest BCUT2D eigenvalue weighted by Crippen LogP contribution is -2.24. The van der Waals surface area contributed by atoms with Gasteiger partial charge in [-0.3, -0.25) is 4.57 Å². The number of rotatable bonds is 4. The fraction of sp³-hybridized carbons (Fsp3) is 1.00. The molecule has 4 heteroatoms. The third-order valence-electron chi connectivity index (χ3n) is 0.981. The second-order valence-corrected chi connectivity index (χ2v) is 6.73. The standard InChI is InChI=1S/C11H25O3P/c1-8-9-15(12,13-10(2,3)4)14-11(5,6)7/h8-9H2,1-7H3/i1D3,8D2,9D2. The van der Waals surface area contributed by atoms with Crippen LogP contribution in [-0.2, 0) is 13.6 Å². The molecule has 0 unspecified atom stereocenters. The number of hydrogen-bond donors (Lipinski definition) is 0. The van der Waals surface area contributed by atoms with Gasteiger partial charge in [0, 0.05) is 15.7 Å². The average molecular weight is 243 g/mol. The fourth-order valence-corrected chi connectivity index (χ4v) is 2.56. The Balaban J connectivity index is 6.14. The van der Waals surface area contributed by atoms with Crippen LogP contribution in [0.25, 0.3) is 0 Å². The summed E-state index contributed by atoms with van der Waals surface area (Å²) < 4.78 is 76.3. The summed E-state index contributed by atoms with van der Waals surface area (Å²) in [6, 6.07) is 0. The van der Waals surface area contributed by atoms with E-state index in [0.29, 0.717) is 0 Å². The molecule has 0 aliphatic heterocycles. The van der Waals surface area contributed by atoms with Gasteiger partial charge < -0.3 is 9.05 Å². The summed E-state index contributed by atoms with van der Waals surface area (Å²) in [6.45, 7) is 5.62. The topological polar surface area (TPSA) is 35.5 Å². The first-order chi connectivity index (χ1) is 9.16. The quantitative estimate of drug-likeness (QED) is 0.693. The van der Waals surface area contributed by atoms with Crippen LogP contribution in [0.15, 0.2) is 0 Å². The van der Waals surface area contributed by atoms with Crippen LogP contribution in [0.5, 0.6) is 0 Å². The Morgan fingerprint density at radius 3 is 1.80 bits per heavy atom. The lowest BCUT2D eigenvalue weighted by molar-refractivity contribution is 0.0493. The van der Waals surface area contributed by atoms with Crippen molar-refractivity contribution in [3.63, 3.8) is 0 Å². The highest BCUT2D eigenvalue weighted by Crippen LogP contribution is 2.54. The molecule has 0 fully saturated rings. The van der Waals surface area contributed by atoms with E-state index in [9.17, 15) is 4.57 Å². The van der Waals surface area contributed by atoms with Gasteiger partial charge in [0.25, 0.3) is 0 Å². The summed E-state index contributed by atoms with van der Waals surface area (Å²) in [7, 11) is -4.78. The van der Waals surface area contributed by atoms with Crippen molar-refractivity contribution in [2.75, 3.05) is 6.11 Å². The fourth-order valence-electron chi connectivity index (χ4n) is 0.854. The van der Waals surface area contributed by atoms with Gasteiger partial charge in [-0.25, -0.2) is 0 Å². The van der Waals surface area contributed by atoms with Gasteiger partial charge in [-0.05, 0) is 47.9 Å². The molecule has 0 aromatic rings. The molecule has 3 nitrogen and oxygen atoms in total. The van der Waals surface area contributed by atoms with Gasteiger partial charge in [0.1, 0.15) is 0 Å². The van der Waals surface area contributed by atoms with E-state index in [0.717, 1.165) is 0 Å². The van der Waals surface area contributed by atoms with Gasteiger partial charge in [0.2, 0.25) is 0 Å². The summed E-state index contributed by atoms with van der Waals surface area (Å²) >= 11 is 0. The molecule has 0 aromatic carbocycles. The van der Waals surface area contributed by atoms with Crippen LogP contribution in [0.1, 0.15) is 64.4 Å². The van der Waals surface area contributed by atoms with Crippen molar-refractivity contribution >= 4 is 7.60 Å². The molecule has 0 saturated heterocycles. The smallest absolute Gasteiger partial charge is 0.303 e. The van der Waals surface area contributed by atoms with E-state index >= 15 is 0 Å².